The molecule has 1 aromatic rings. The molecule has 3 fully saturated rings. The fourth-order valence-corrected chi connectivity index (χ4v) is 3.40. The second-order valence-electron chi connectivity index (χ2n) is 6.30. The summed E-state index contributed by atoms with van der Waals surface area (Å²) in [6, 6.07) is 4.67. The number of aromatic nitrogens is 1. The number of ether oxygens (including phenoxy) is 1. The molecule has 0 spiro atoms. The van der Waals surface area contributed by atoms with Gasteiger partial charge in [-0.05, 0) is 56.1 Å². The van der Waals surface area contributed by atoms with Crippen molar-refractivity contribution in [2.75, 3.05) is 23.8 Å². The van der Waals surface area contributed by atoms with Crippen LogP contribution < -0.4 is 15.4 Å². The number of nitrogens with two attached hydrogens (primary N) is 1. The Balaban J connectivity index is 1.53. The maximum absolute atomic E-state index is 5.96. The molecule has 2 N–H and O–H groups in total. The van der Waals surface area contributed by atoms with E-state index in [9.17, 15) is 0 Å². The van der Waals surface area contributed by atoms with Gasteiger partial charge >= 0.3 is 0 Å². The van der Waals surface area contributed by atoms with Gasteiger partial charge in [0.15, 0.2) is 0 Å². The molecule has 2 saturated carbocycles. The van der Waals surface area contributed by atoms with Crippen LogP contribution in [0.25, 0.3) is 0 Å². The smallest absolute Gasteiger partial charge is 0.239 e. The number of anilines is 2. The standard InChI is InChI=1S/C15H21N3O/c16-13-5-6-14(17-15(13)19-9-10-1-2-10)18-8-11-3-4-12(18)7-11/h5-6,10-12H,1-4,7-9,16H2. The van der Waals surface area contributed by atoms with E-state index in [2.05, 4.69) is 9.88 Å². The van der Waals surface area contributed by atoms with Crippen LogP contribution in [0.5, 0.6) is 5.88 Å². The van der Waals surface area contributed by atoms with E-state index in [1.807, 2.05) is 12.1 Å². The molecule has 0 radical (unpaired) electrons. The molecule has 2 atom stereocenters. The summed E-state index contributed by atoms with van der Waals surface area (Å²) in [5, 5.41) is 0. The largest absolute Gasteiger partial charge is 0.476 e. The Morgan fingerprint density at radius 2 is 2.16 bits per heavy atom. The molecule has 2 unspecified atom stereocenters. The summed E-state index contributed by atoms with van der Waals surface area (Å²) in [7, 11) is 0. The van der Waals surface area contributed by atoms with Crippen LogP contribution in [0.3, 0.4) is 0 Å². The second kappa shape index (κ2) is 4.29. The van der Waals surface area contributed by atoms with E-state index in [0.29, 0.717) is 17.6 Å². The van der Waals surface area contributed by atoms with E-state index >= 15 is 0 Å². The molecule has 4 rings (SSSR count). The minimum absolute atomic E-state index is 0.632. The zero-order valence-electron chi connectivity index (χ0n) is 11.2. The van der Waals surface area contributed by atoms with E-state index < -0.39 is 0 Å². The third kappa shape index (κ3) is 2.13. The van der Waals surface area contributed by atoms with Crippen LogP contribution in [0.1, 0.15) is 32.1 Å². The number of fused-ring (bicyclic) bond motifs is 2. The first-order valence-corrected chi connectivity index (χ1v) is 7.45. The molecule has 1 saturated heterocycles. The molecule has 19 heavy (non-hydrogen) atoms. The predicted molar refractivity (Wildman–Crippen MR) is 75.3 cm³/mol. The number of pyridine rings is 1. The molecule has 2 heterocycles. The second-order valence-corrected chi connectivity index (χ2v) is 6.30. The molecule has 2 bridgehead atoms. The van der Waals surface area contributed by atoms with Crippen LogP contribution in [0.2, 0.25) is 0 Å². The topological polar surface area (TPSA) is 51.4 Å². The van der Waals surface area contributed by atoms with Crippen molar-refractivity contribution >= 4 is 11.5 Å². The number of hydrogen-bond acceptors (Lipinski definition) is 4. The van der Waals surface area contributed by atoms with E-state index in [1.165, 1.54) is 32.1 Å². The van der Waals surface area contributed by atoms with Crippen LogP contribution in [0.15, 0.2) is 12.1 Å². The van der Waals surface area contributed by atoms with Crippen molar-refractivity contribution < 1.29 is 4.74 Å². The van der Waals surface area contributed by atoms with Gasteiger partial charge in [0.05, 0.1) is 12.3 Å². The van der Waals surface area contributed by atoms with Crippen LogP contribution in [-0.2, 0) is 0 Å². The Morgan fingerprint density at radius 1 is 1.26 bits per heavy atom. The molecule has 4 nitrogen and oxygen atoms in total. The third-order valence-electron chi connectivity index (χ3n) is 4.73. The molecule has 102 valence electrons. The molecule has 2 aliphatic carbocycles. The van der Waals surface area contributed by atoms with Gasteiger partial charge in [-0.25, -0.2) is 0 Å². The minimum Gasteiger partial charge on any atom is -0.476 e. The van der Waals surface area contributed by atoms with Gasteiger partial charge in [-0.2, -0.15) is 4.98 Å². The molecule has 1 aromatic heterocycles. The van der Waals surface area contributed by atoms with Crippen molar-refractivity contribution in [2.24, 2.45) is 11.8 Å². The summed E-state index contributed by atoms with van der Waals surface area (Å²) in [4.78, 5) is 7.09. The SMILES string of the molecule is Nc1ccc(N2CC3CCC2C3)nc1OCC1CC1. The monoisotopic (exact) mass is 259 g/mol. The quantitative estimate of drug-likeness (QED) is 0.902. The molecule has 1 aliphatic heterocycles. The van der Waals surface area contributed by atoms with Gasteiger partial charge in [-0.1, -0.05) is 0 Å². The normalized spacial score (nSPS) is 28.9. The molecule has 0 aromatic carbocycles. The highest BCUT2D eigenvalue weighted by Crippen LogP contribution is 2.40. The van der Waals surface area contributed by atoms with Crippen LogP contribution in [0.4, 0.5) is 11.5 Å². The van der Waals surface area contributed by atoms with Gasteiger partial charge in [0.2, 0.25) is 5.88 Å². The minimum atomic E-state index is 0.632. The lowest BCUT2D eigenvalue weighted by atomic mass is 10.1. The highest BCUT2D eigenvalue weighted by Gasteiger charge is 2.38. The average molecular weight is 259 g/mol. The highest BCUT2D eigenvalue weighted by atomic mass is 16.5. The summed E-state index contributed by atoms with van der Waals surface area (Å²) in [6.07, 6.45) is 6.62. The fraction of sp³-hybridized carbons (Fsp3) is 0.667. The van der Waals surface area contributed by atoms with Gasteiger partial charge < -0.3 is 15.4 Å². The molecule has 4 heteroatoms. The third-order valence-corrected chi connectivity index (χ3v) is 4.73. The summed E-state index contributed by atoms with van der Waals surface area (Å²) in [5.74, 6) is 3.28. The molecule has 3 aliphatic rings. The van der Waals surface area contributed by atoms with Crippen molar-refractivity contribution in [1.82, 2.24) is 4.98 Å². The Kier molecular flexibility index (Phi) is 2.57. The summed E-state index contributed by atoms with van der Waals surface area (Å²) in [6.45, 7) is 1.93. The van der Waals surface area contributed by atoms with Crippen LogP contribution >= 0.6 is 0 Å². The van der Waals surface area contributed by atoms with Gasteiger partial charge in [0.1, 0.15) is 5.82 Å². The Hall–Kier alpha value is -1.45. The Morgan fingerprint density at radius 3 is 2.84 bits per heavy atom. The summed E-state index contributed by atoms with van der Waals surface area (Å²) < 4.78 is 5.78. The van der Waals surface area contributed by atoms with Crippen molar-refractivity contribution in [3.05, 3.63) is 12.1 Å². The van der Waals surface area contributed by atoms with Crippen molar-refractivity contribution in [1.29, 1.82) is 0 Å². The molecular formula is C15H21N3O. The van der Waals surface area contributed by atoms with Gasteiger partial charge in [0, 0.05) is 12.6 Å². The summed E-state index contributed by atoms with van der Waals surface area (Å²) >= 11 is 0. The summed E-state index contributed by atoms with van der Waals surface area (Å²) in [5.41, 5.74) is 6.63. The zero-order valence-corrected chi connectivity index (χ0v) is 11.2. The Labute approximate surface area is 113 Å². The number of nitrogens with zero attached hydrogens (tertiary/aromatic N) is 2. The van der Waals surface area contributed by atoms with Crippen LogP contribution in [0, 0.1) is 11.8 Å². The fourth-order valence-electron chi connectivity index (χ4n) is 3.40. The van der Waals surface area contributed by atoms with Gasteiger partial charge in [0.25, 0.3) is 0 Å². The first kappa shape index (κ1) is 11.4. The van der Waals surface area contributed by atoms with Crippen molar-refractivity contribution in [3.63, 3.8) is 0 Å². The van der Waals surface area contributed by atoms with Crippen molar-refractivity contribution in [3.8, 4) is 5.88 Å². The Bertz CT molecular complexity index is 486. The average Bonchev–Trinajstić information content (AvgIpc) is 3.01. The van der Waals surface area contributed by atoms with Gasteiger partial charge in [-0.3, -0.25) is 0 Å². The lowest BCUT2D eigenvalue weighted by molar-refractivity contribution is 0.290. The van der Waals surface area contributed by atoms with Gasteiger partial charge in [-0.15, -0.1) is 0 Å². The van der Waals surface area contributed by atoms with E-state index in [0.717, 1.165) is 30.8 Å². The first-order chi connectivity index (χ1) is 9.29. The number of hydrogen-bond donors (Lipinski definition) is 1. The van der Waals surface area contributed by atoms with E-state index in [4.69, 9.17) is 10.5 Å². The van der Waals surface area contributed by atoms with Crippen molar-refractivity contribution in [2.45, 2.75) is 38.1 Å². The maximum atomic E-state index is 5.96. The number of rotatable bonds is 4. The number of nitrogen functional groups attached to an aromatic ring is 1. The highest BCUT2D eigenvalue weighted by molar-refractivity contribution is 5.55. The maximum Gasteiger partial charge on any atom is 0.239 e. The number of piperidine rings is 1. The zero-order chi connectivity index (χ0) is 12.8. The lowest BCUT2D eigenvalue weighted by Gasteiger charge is -2.28. The van der Waals surface area contributed by atoms with E-state index in [1.54, 1.807) is 0 Å². The lowest BCUT2D eigenvalue weighted by Crippen LogP contribution is -2.32. The van der Waals surface area contributed by atoms with Crippen LogP contribution in [-0.4, -0.2) is 24.2 Å². The van der Waals surface area contributed by atoms with E-state index in [-0.39, 0.29) is 0 Å². The molecule has 0 amide bonds. The molecular weight excluding hydrogens is 238 g/mol. The predicted octanol–water partition coefficient (Wildman–Crippen LogP) is 2.44. The first-order valence-electron chi connectivity index (χ1n) is 7.45.